The molecule has 1 aliphatic carbocycles. The van der Waals surface area contributed by atoms with E-state index in [4.69, 9.17) is 5.84 Å². The summed E-state index contributed by atoms with van der Waals surface area (Å²) in [6.45, 7) is 0. The first-order chi connectivity index (χ1) is 9.31. The van der Waals surface area contributed by atoms with Crippen LogP contribution in [0.1, 0.15) is 25.7 Å². The summed E-state index contributed by atoms with van der Waals surface area (Å²) in [6.07, 6.45) is 4.15. The number of nitrogens with one attached hydrogen (secondary N) is 1. The lowest BCUT2D eigenvalue weighted by molar-refractivity contribution is -0.123. The Balaban J connectivity index is 2.00. The van der Waals surface area contributed by atoms with E-state index in [1.165, 1.54) is 0 Å². The van der Waals surface area contributed by atoms with Crippen LogP contribution in [0.25, 0.3) is 0 Å². The molecule has 0 saturated heterocycles. The molecule has 0 spiro atoms. The summed E-state index contributed by atoms with van der Waals surface area (Å²) >= 11 is 0. The van der Waals surface area contributed by atoms with Crippen molar-refractivity contribution in [3.8, 4) is 0 Å². The van der Waals surface area contributed by atoms with Crippen molar-refractivity contribution in [3.63, 3.8) is 0 Å². The SMILES string of the molecule is NNC1=NC2CCCCC2C(=O)N1c1ccccc1. The fourth-order valence-electron chi connectivity index (χ4n) is 2.97. The van der Waals surface area contributed by atoms with Crippen molar-refractivity contribution in [2.24, 2.45) is 16.8 Å². The fourth-order valence-corrected chi connectivity index (χ4v) is 2.97. The molecule has 0 aromatic heterocycles. The normalized spacial score (nSPS) is 26.7. The highest BCUT2D eigenvalue weighted by molar-refractivity contribution is 6.18. The minimum atomic E-state index is 0.00561. The van der Waals surface area contributed by atoms with Gasteiger partial charge in [-0.05, 0) is 25.0 Å². The van der Waals surface area contributed by atoms with Crippen LogP contribution in [0.5, 0.6) is 0 Å². The van der Waals surface area contributed by atoms with Gasteiger partial charge >= 0.3 is 0 Å². The number of rotatable bonds is 1. The number of nitrogens with two attached hydrogens (primary N) is 1. The number of benzene rings is 1. The average molecular weight is 258 g/mol. The molecule has 1 aromatic carbocycles. The third kappa shape index (κ3) is 2.10. The van der Waals surface area contributed by atoms with Crippen LogP contribution < -0.4 is 16.2 Å². The molecule has 1 saturated carbocycles. The van der Waals surface area contributed by atoms with Gasteiger partial charge < -0.3 is 0 Å². The van der Waals surface area contributed by atoms with Gasteiger partial charge in [-0.15, -0.1) is 0 Å². The fraction of sp³-hybridized carbons (Fsp3) is 0.429. The second-order valence-electron chi connectivity index (χ2n) is 5.06. The van der Waals surface area contributed by atoms with Crippen molar-refractivity contribution in [3.05, 3.63) is 30.3 Å². The van der Waals surface area contributed by atoms with Gasteiger partial charge in [-0.25, -0.2) is 15.7 Å². The molecule has 3 rings (SSSR count). The third-order valence-electron chi connectivity index (χ3n) is 3.91. The Labute approximate surface area is 112 Å². The van der Waals surface area contributed by atoms with Crippen LogP contribution in [0.15, 0.2) is 35.3 Å². The van der Waals surface area contributed by atoms with Crippen LogP contribution in [0.2, 0.25) is 0 Å². The number of carbonyl (C=O) groups is 1. The van der Waals surface area contributed by atoms with Gasteiger partial charge in [0.1, 0.15) is 0 Å². The van der Waals surface area contributed by atoms with E-state index < -0.39 is 0 Å². The van der Waals surface area contributed by atoms with E-state index in [0.29, 0.717) is 5.96 Å². The minimum absolute atomic E-state index is 0.00561. The summed E-state index contributed by atoms with van der Waals surface area (Å²) in [5.74, 6) is 6.11. The largest absolute Gasteiger partial charge is 0.294 e. The average Bonchev–Trinajstić information content (AvgIpc) is 2.48. The molecule has 2 atom stereocenters. The highest BCUT2D eigenvalue weighted by Crippen LogP contribution is 2.33. The Kier molecular flexibility index (Phi) is 3.21. The Morgan fingerprint density at radius 2 is 1.95 bits per heavy atom. The van der Waals surface area contributed by atoms with Gasteiger partial charge in [-0.1, -0.05) is 31.0 Å². The summed E-state index contributed by atoms with van der Waals surface area (Å²) < 4.78 is 0. The van der Waals surface area contributed by atoms with Crippen molar-refractivity contribution in [2.45, 2.75) is 31.7 Å². The number of hydrogen-bond donors (Lipinski definition) is 2. The number of fused-ring (bicyclic) bond motifs is 1. The number of aliphatic imine (C=N–C) groups is 1. The molecule has 2 aliphatic rings. The Hall–Kier alpha value is -1.88. The smallest absolute Gasteiger partial charge is 0.239 e. The van der Waals surface area contributed by atoms with Crippen LogP contribution in [0.4, 0.5) is 5.69 Å². The number of para-hydroxylation sites is 1. The van der Waals surface area contributed by atoms with Crippen LogP contribution in [-0.4, -0.2) is 17.9 Å². The maximum atomic E-state index is 12.7. The first-order valence-electron chi connectivity index (χ1n) is 6.74. The number of anilines is 1. The molecule has 1 amide bonds. The third-order valence-corrected chi connectivity index (χ3v) is 3.91. The van der Waals surface area contributed by atoms with Gasteiger partial charge in [0, 0.05) is 0 Å². The van der Waals surface area contributed by atoms with E-state index in [1.807, 2.05) is 30.3 Å². The molecular formula is C14H18N4O. The lowest BCUT2D eigenvalue weighted by Gasteiger charge is -2.38. The predicted octanol–water partition coefficient (Wildman–Crippen LogP) is 1.41. The molecular weight excluding hydrogens is 240 g/mol. The zero-order valence-electron chi connectivity index (χ0n) is 10.7. The first kappa shape index (κ1) is 12.2. The van der Waals surface area contributed by atoms with Crippen LogP contribution in [0.3, 0.4) is 0 Å². The van der Waals surface area contributed by atoms with E-state index in [1.54, 1.807) is 4.90 Å². The maximum Gasteiger partial charge on any atom is 0.239 e. The van der Waals surface area contributed by atoms with Crippen molar-refractivity contribution >= 4 is 17.6 Å². The maximum absolute atomic E-state index is 12.7. The van der Waals surface area contributed by atoms with Gasteiger partial charge in [-0.2, -0.15) is 0 Å². The molecule has 2 unspecified atom stereocenters. The summed E-state index contributed by atoms with van der Waals surface area (Å²) in [5, 5.41) is 0. The van der Waals surface area contributed by atoms with E-state index in [0.717, 1.165) is 31.4 Å². The van der Waals surface area contributed by atoms with E-state index in [-0.39, 0.29) is 17.9 Å². The van der Waals surface area contributed by atoms with Crippen LogP contribution in [-0.2, 0) is 4.79 Å². The number of hydrazine groups is 1. The number of guanidine groups is 1. The zero-order chi connectivity index (χ0) is 13.2. The first-order valence-corrected chi connectivity index (χ1v) is 6.74. The number of carbonyl (C=O) groups excluding carboxylic acids is 1. The molecule has 1 aromatic rings. The van der Waals surface area contributed by atoms with Gasteiger partial charge in [0.2, 0.25) is 11.9 Å². The quantitative estimate of drug-likeness (QED) is 0.591. The molecule has 1 fully saturated rings. The van der Waals surface area contributed by atoms with E-state index >= 15 is 0 Å². The topological polar surface area (TPSA) is 70.7 Å². The Bertz CT molecular complexity index is 499. The van der Waals surface area contributed by atoms with E-state index in [2.05, 4.69) is 10.4 Å². The molecule has 5 nitrogen and oxygen atoms in total. The standard InChI is InChI=1S/C14H18N4O/c15-17-14-16-12-9-5-4-8-11(12)13(19)18(14)10-6-2-1-3-7-10/h1-3,6-7,11-12H,4-5,8-9,15H2,(H,16,17). The van der Waals surface area contributed by atoms with Crippen molar-refractivity contribution in [2.75, 3.05) is 4.90 Å². The summed E-state index contributed by atoms with van der Waals surface area (Å²) in [4.78, 5) is 18.9. The van der Waals surface area contributed by atoms with Gasteiger partial charge in [0.05, 0.1) is 17.6 Å². The zero-order valence-corrected chi connectivity index (χ0v) is 10.7. The summed E-state index contributed by atoms with van der Waals surface area (Å²) in [5.41, 5.74) is 3.38. The molecule has 19 heavy (non-hydrogen) atoms. The monoisotopic (exact) mass is 258 g/mol. The molecule has 5 heteroatoms. The Morgan fingerprint density at radius 1 is 1.21 bits per heavy atom. The number of nitrogens with zero attached hydrogens (tertiary/aromatic N) is 2. The second-order valence-corrected chi connectivity index (χ2v) is 5.06. The summed E-state index contributed by atoms with van der Waals surface area (Å²) in [7, 11) is 0. The lowest BCUT2D eigenvalue weighted by Crippen LogP contribution is -2.56. The minimum Gasteiger partial charge on any atom is -0.294 e. The van der Waals surface area contributed by atoms with Crippen molar-refractivity contribution in [1.29, 1.82) is 0 Å². The molecule has 1 heterocycles. The number of amides is 1. The number of hydrogen-bond acceptors (Lipinski definition) is 4. The van der Waals surface area contributed by atoms with Crippen molar-refractivity contribution in [1.82, 2.24) is 5.43 Å². The molecule has 1 aliphatic heterocycles. The molecule has 100 valence electrons. The van der Waals surface area contributed by atoms with Crippen molar-refractivity contribution < 1.29 is 4.79 Å². The second kappa shape index (κ2) is 5.01. The van der Waals surface area contributed by atoms with Gasteiger partial charge in [0.25, 0.3) is 0 Å². The van der Waals surface area contributed by atoms with Gasteiger partial charge in [-0.3, -0.25) is 10.2 Å². The van der Waals surface area contributed by atoms with Gasteiger partial charge in [0.15, 0.2) is 0 Å². The predicted molar refractivity (Wildman–Crippen MR) is 74.4 cm³/mol. The Morgan fingerprint density at radius 3 is 2.68 bits per heavy atom. The van der Waals surface area contributed by atoms with Crippen LogP contribution >= 0.6 is 0 Å². The molecule has 3 N–H and O–H groups in total. The molecule has 0 bridgehead atoms. The summed E-state index contributed by atoms with van der Waals surface area (Å²) in [6, 6.07) is 9.62. The lowest BCUT2D eigenvalue weighted by atomic mass is 9.83. The van der Waals surface area contributed by atoms with Crippen LogP contribution in [0, 0.1) is 5.92 Å². The van der Waals surface area contributed by atoms with E-state index in [9.17, 15) is 4.79 Å². The highest BCUT2D eigenvalue weighted by Gasteiger charge is 2.40. The highest BCUT2D eigenvalue weighted by atomic mass is 16.2. The molecule has 0 radical (unpaired) electrons.